The first-order chi connectivity index (χ1) is 13.0. The van der Waals surface area contributed by atoms with E-state index in [-0.39, 0.29) is 11.8 Å². The molecule has 0 N–H and O–H groups in total. The standard InChI is InChI=1S/C22H16ClNO3/c1-13-7-8-14(2)20(11-13)27-19-10-9-15(12-18(19)23)24-21(25)16-5-3-4-6-17(16)22(24)26/h3-12H,1-2H3. The Labute approximate surface area is 161 Å². The van der Waals surface area contributed by atoms with E-state index < -0.39 is 0 Å². The molecule has 4 nitrogen and oxygen atoms in total. The van der Waals surface area contributed by atoms with Crippen molar-refractivity contribution in [3.8, 4) is 11.5 Å². The molecule has 0 radical (unpaired) electrons. The van der Waals surface area contributed by atoms with E-state index in [0.717, 1.165) is 16.0 Å². The number of hydrogen-bond donors (Lipinski definition) is 0. The zero-order chi connectivity index (χ0) is 19.1. The van der Waals surface area contributed by atoms with Gasteiger partial charge in [-0.2, -0.15) is 0 Å². The fraction of sp³-hybridized carbons (Fsp3) is 0.0909. The van der Waals surface area contributed by atoms with Crippen LogP contribution in [0.15, 0.2) is 60.7 Å². The van der Waals surface area contributed by atoms with Gasteiger partial charge >= 0.3 is 0 Å². The highest BCUT2D eigenvalue weighted by Gasteiger charge is 2.36. The third kappa shape index (κ3) is 2.98. The summed E-state index contributed by atoms with van der Waals surface area (Å²) in [4.78, 5) is 26.4. The highest BCUT2D eigenvalue weighted by molar-refractivity contribution is 6.36. The minimum atomic E-state index is -0.352. The SMILES string of the molecule is Cc1ccc(C)c(Oc2ccc(N3C(=O)c4ccccc4C3=O)cc2Cl)c1. The third-order valence-corrected chi connectivity index (χ3v) is 4.83. The first-order valence-electron chi connectivity index (χ1n) is 8.48. The van der Waals surface area contributed by atoms with Crippen LogP contribution in [-0.2, 0) is 0 Å². The molecule has 0 spiro atoms. The highest BCUT2D eigenvalue weighted by Crippen LogP contribution is 2.36. The van der Waals surface area contributed by atoms with Gasteiger partial charge in [0.25, 0.3) is 11.8 Å². The van der Waals surface area contributed by atoms with Gasteiger partial charge in [0.2, 0.25) is 0 Å². The smallest absolute Gasteiger partial charge is 0.266 e. The lowest BCUT2D eigenvalue weighted by molar-refractivity contribution is 0.0926. The maximum atomic E-state index is 12.6. The molecule has 5 heteroatoms. The molecule has 3 aromatic carbocycles. The third-order valence-electron chi connectivity index (χ3n) is 4.53. The number of amides is 2. The molecule has 3 aromatic rings. The molecule has 0 aliphatic carbocycles. The zero-order valence-electron chi connectivity index (χ0n) is 14.8. The van der Waals surface area contributed by atoms with Crippen LogP contribution in [0.5, 0.6) is 11.5 Å². The summed E-state index contributed by atoms with van der Waals surface area (Å²) in [6.07, 6.45) is 0. The Morgan fingerprint density at radius 3 is 2.11 bits per heavy atom. The molecule has 0 bridgehead atoms. The van der Waals surface area contributed by atoms with Crippen LogP contribution in [0, 0.1) is 13.8 Å². The normalized spacial score (nSPS) is 13.1. The van der Waals surface area contributed by atoms with Crippen molar-refractivity contribution in [2.45, 2.75) is 13.8 Å². The number of rotatable bonds is 3. The number of benzene rings is 3. The number of nitrogens with zero attached hydrogens (tertiary/aromatic N) is 1. The van der Waals surface area contributed by atoms with E-state index in [4.69, 9.17) is 16.3 Å². The van der Waals surface area contributed by atoms with Gasteiger partial charge in [-0.3, -0.25) is 9.59 Å². The molecule has 4 rings (SSSR count). The van der Waals surface area contributed by atoms with Crippen molar-refractivity contribution in [2.75, 3.05) is 4.90 Å². The summed E-state index contributed by atoms with van der Waals surface area (Å²) in [5.74, 6) is 0.473. The number of imide groups is 1. The molecule has 27 heavy (non-hydrogen) atoms. The Morgan fingerprint density at radius 1 is 0.815 bits per heavy atom. The second-order valence-electron chi connectivity index (χ2n) is 6.48. The maximum Gasteiger partial charge on any atom is 0.266 e. The highest BCUT2D eigenvalue weighted by atomic mass is 35.5. The quantitative estimate of drug-likeness (QED) is 0.562. The summed E-state index contributed by atoms with van der Waals surface area (Å²) in [6, 6.07) is 17.6. The Hall–Kier alpha value is -3.11. The van der Waals surface area contributed by atoms with Crippen molar-refractivity contribution in [3.63, 3.8) is 0 Å². The summed E-state index contributed by atoms with van der Waals surface area (Å²) in [7, 11) is 0. The monoisotopic (exact) mass is 377 g/mol. The molecular weight excluding hydrogens is 362 g/mol. The number of anilines is 1. The predicted octanol–water partition coefficient (Wildman–Crippen LogP) is 5.55. The van der Waals surface area contributed by atoms with Crippen LogP contribution in [0.2, 0.25) is 5.02 Å². The van der Waals surface area contributed by atoms with Crippen LogP contribution >= 0.6 is 11.6 Å². The average Bonchev–Trinajstić information content (AvgIpc) is 2.91. The van der Waals surface area contributed by atoms with E-state index in [9.17, 15) is 9.59 Å². The Balaban J connectivity index is 1.66. The first kappa shape index (κ1) is 17.3. The number of carbonyl (C=O) groups is 2. The minimum absolute atomic E-state index is 0.324. The Morgan fingerprint density at radius 2 is 1.48 bits per heavy atom. The molecule has 0 saturated heterocycles. The topological polar surface area (TPSA) is 46.6 Å². The summed E-state index contributed by atoms with van der Waals surface area (Å²) < 4.78 is 5.93. The Bertz CT molecular complexity index is 1060. The summed E-state index contributed by atoms with van der Waals surface area (Å²) in [6.45, 7) is 3.94. The molecule has 2 amide bonds. The second-order valence-corrected chi connectivity index (χ2v) is 6.88. The molecule has 1 aliphatic heterocycles. The van der Waals surface area contributed by atoms with Crippen LogP contribution in [-0.4, -0.2) is 11.8 Å². The van der Waals surface area contributed by atoms with E-state index in [1.165, 1.54) is 0 Å². The molecular formula is C22H16ClNO3. The summed E-state index contributed by atoms with van der Waals surface area (Å²) >= 11 is 6.38. The number of halogens is 1. The maximum absolute atomic E-state index is 12.6. The van der Waals surface area contributed by atoms with Crippen LogP contribution in [0.1, 0.15) is 31.8 Å². The van der Waals surface area contributed by atoms with Crippen molar-refractivity contribution in [3.05, 3.63) is 87.9 Å². The first-order valence-corrected chi connectivity index (χ1v) is 8.86. The van der Waals surface area contributed by atoms with Gasteiger partial charge in [-0.05, 0) is 61.4 Å². The lowest BCUT2D eigenvalue weighted by atomic mass is 10.1. The fourth-order valence-electron chi connectivity index (χ4n) is 3.07. The van der Waals surface area contributed by atoms with Gasteiger partial charge < -0.3 is 4.74 Å². The number of carbonyl (C=O) groups excluding carboxylic acids is 2. The largest absolute Gasteiger partial charge is 0.456 e. The van der Waals surface area contributed by atoms with E-state index in [2.05, 4.69) is 0 Å². The molecule has 1 heterocycles. The van der Waals surface area contributed by atoms with Crippen LogP contribution in [0.25, 0.3) is 0 Å². The van der Waals surface area contributed by atoms with E-state index in [0.29, 0.717) is 33.3 Å². The lowest BCUT2D eigenvalue weighted by Gasteiger charge is -2.16. The summed E-state index contributed by atoms with van der Waals surface area (Å²) in [5, 5.41) is 0.324. The molecule has 0 unspecified atom stereocenters. The molecule has 134 valence electrons. The van der Waals surface area contributed by atoms with Crippen LogP contribution < -0.4 is 9.64 Å². The van der Waals surface area contributed by atoms with Crippen molar-refractivity contribution in [1.82, 2.24) is 0 Å². The van der Waals surface area contributed by atoms with Gasteiger partial charge in [0.05, 0.1) is 21.8 Å². The fourth-order valence-corrected chi connectivity index (χ4v) is 3.28. The van der Waals surface area contributed by atoms with E-state index >= 15 is 0 Å². The van der Waals surface area contributed by atoms with Crippen LogP contribution in [0.4, 0.5) is 5.69 Å². The summed E-state index contributed by atoms with van der Waals surface area (Å²) in [5.41, 5.74) is 3.28. The van der Waals surface area contributed by atoms with Gasteiger partial charge in [0, 0.05) is 0 Å². The van der Waals surface area contributed by atoms with Gasteiger partial charge in [0.15, 0.2) is 0 Å². The molecule has 0 fully saturated rings. The van der Waals surface area contributed by atoms with Gasteiger partial charge in [-0.1, -0.05) is 35.9 Å². The lowest BCUT2D eigenvalue weighted by Crippen LogP contribution is -2.29. The van der Waals surface area contributed by atoms with Crippen molar-refractivity contribution in [2.24, 2.45) is 0 Å². The van der Waals surface area contributed by atoms with Crippen LogP contribution in [0.3, 0.4) is 0 Å². The van der Waals surface area contributed by atoms with Gasteiger partial charge in [-0.25, -0.2) is 4.90 Å². The van der Waals surface area contributed by atoms with Crippen molar-refractivity contribution >= 4 is 29.1 Å². The van der Waals surface area contributed by atoms with E-state index in [1.807, 2.05) is 32.0 Å². The zero-order valence-corrected chi connectivity index (χ0v) is 15.6. The average molecular weight is 378 g/mol. The second kappa shape index (κ2) is 6.56. The number of fused-ring (bicyclic) bond motifs is 1. The molecule has 1 aliphatic rings. The molecule has 0 atom stereocenters. The number of hydrogen-bond acceptors (Lipinski definition) is 3. The Kier molecular flexibility index (Phi) is 4.21. The van der Waals surface area contributed by atoms with Gasteiger partial charge in [-0.15, -0.1) is 0 Å². The van der Waals surface area contributed by atoms with Gasteiger partial charge in [0.1, 0.15) is 11.5 Å². The van der Waals surface area contributed by atoms with E-state index in [1.54, 1.807) is 42.5 Å². The van der Waals surface area contributed by atoms with Crippen molar-refractivity contribution in [1.29, 1.82) is 0 Å². The number of aryl methyl sites for hydroxylation is 2. The molecule has 0 saturated carbocycles. The number of ether oxygens (including phenoxy) is 1. The minimum Gasteiger partial charge on any atom is -0.456 e. The predicted molar refractivity (Wildman–Crippen MR) is 105 cm³/mol. The molecule has 0 aromatic heterocycles. The van der Waals surface area contributed by atoms with Crippen molar-refractivity contribution < 1.29 is 14.3 Å².